The number of nitrogens with zero attached hydrogens (tertiary/aromatic N) is 7. The number of aryl methyl sites for hydroxylation is 2. The predicted molar refractivity (Wildman–Crippen MR) is 123 cm³/mol. The highest BCUT2D eigenvalue weighted by Crippen LogP contribution is 2.24. The Kier molecular flexibility index (Phi) is 5.91. The third-order valence-corrected chi connectivity index (χ3v) is 6.05. The molecule has 33 heavy (non-hydrogen) atoms. The summed E-state index contributed by atoms with van der Waals surface area (Å²) in [6.45, 7) is 8.83. The zero-order valence-corrected chi connectivity index (χ0v) is 18.9. The molecule has 2 fully saturated rings. The molecule has 0 radical (unpaired) electrons. The normalized spacial score (nSPS) is 16.5. The lowest BCUT2D eigenvalue weighted by molar-refractivity contribution is -0.125. The molecule has 0 atom stereocenters. The average Bonchev–Trinajstić information content (AvgIpc) is 3.15. The number of morpholine rings is 1. The molecule has 5 rings (SSSR count). The standard InChI is InChI=1S/C23H28N8O2/c1-16-9-17(2)31(28-16)22-11-21(26-15-27-22)30-13-19(14-30)23(32)25-12-18-3-4-24-20(10-18)29-5-7-33-8-6-29/h3-4,9-11,15,19H,5-8,12-14H2,1-2H3,(H,25,32). The third-order valence-electron chi connectivity index (χ3n) is 6.05. The zero-order chi connectivity index (χ0) is 22.8. The lowest BCUT2D eigenvalue weighted by Gasteiger charge is -2.39. The number of carbonyl (C=O) groups excluding carboxylic acids is 1. The topological polar surface area (TPSA) is 101 Å². The Balaban J connectivity index is 1.15. The van der Waals surface area contributed by atoms with E-state index < -0.39 is 0 Å². The summed E-state index contributed by atoms with van der Waals surface area (Å²) in [6, 6.07) is 7.91. The summed E-state index contributed by atoms with van der Waals surface area (Å²) < 4.78 is 7.22. The van der Waals surface area contributed by atoms with E-state index in [0.717, 1.165) is 60.7 Å². The van der Waals surface area contributed by atoms with E-state index in [-0.39, 0.29) is 11.8 Å². The molecule has 2 saturated heterocycles. The van der Waals surface area contributed by atoms with E-state index in [1.165, 1.54) is 0 Å². The second-order valence-corrected chi connectivity index (χ2v) is 8.51. The van der Waals surface area contributed by atoms with Gasteiger partial charge in [-0.15, -0.1) is 0 Å². The lowest BCUT2D eigenvalue weighted by atomic mass is 9.99. The van der Waals surface area contributed by atoms with Crippen molar-refractivity contribution in [2.24, 2.45) is 5.92 Å². The Morgan fingerprint density at radius 2 is 1.79 bits per heavy atom. The average molecular weight is 449 g/mol. The highest BCUT2D eigenvalue weighted by molar-refractivity contribution is 5.81. The van der Waals surface area contributed by atoms with Crippen LogP contribution in [-0.2, 0) is 16.1 Å². The van der Waals surface area contributed by atoms with Crippen molar-refractivity contribution in [3.8, 4) is 5.82 Å². The Hall–Kier alpha value is -3.53. The monoisotopic (exact) mass is 448 g/mol. The zero-order valence-electron chi connectivity index (χ0n) is 18.9. The largest absolute Gasteiger partial charge is 0.378 e. The van der Waals surface area contributed by atoms with Crippen LogP contribution in [0.5, 0.6) is 0 Å². The van der Waals surface area contributed by atoms with E-state index in [9.17, 15) is 4.79 Å². The molecule has 1 amide bonds. The fourth-order valence-electron chi connectivity index (χ4n) is 4.19. The summed E-state index contributed by atoms with van der Waals surface area (Å²) in [5.74, 6) is 2.47. The van der Waals surface area contributed by atoms with Crippen molar-refractivity contribution in [1.29, 1.82) is 0 Å². The number of hydrogen-bond donors (Lipinski definition) is 1. The molecule has 0 bridgehead atoms. The highest BCUT2D eigenvalue weighted by Gasteiger charge is 2.33. The maximum Gasteiger partial charge on any atom is 0.226 e. The summed E-state index contributed by atoms with van der Waals surface area (Å²) >= 11 is 0. The van der Waals surface area contributed by atoms with Gasteiger partial charge in [0.15, 0.2) is 5.82 Å². The molecule has 0 saturated carbocycles. The van der Waals surface area contributed by atoms with Crippen LogP contribution in [0.1, 0.15) is 17.0 Å². The summed E-state index contributed by atoms with van der Waals surface area (Å²) in [7, 11) is 0. The number of ether oxygens (including phenoxy) is 1. The van der Waals surface area contributed by atoms with Gasteiger partial charge < -0.3 is 19.9 Å². The molecule has 10 heteroatoms. The van der Waals surface area contributed by atoms with Gasteiger partial charge >= 0.3 is 0 Å². The first-order valence-electron chi connectivity index (χ1n) is 11.2. The molecule has 2 aliphatic heterocycles. The van der Waals surface area contributed by atoms with Gasteiger partial charge in [0.25, 0.3) is 0 Å². The van der Waals surface area contributed by atoms with Crippen LogP contribution >= 0.6 is 0 Å². The molecule has 10 nitrogen and oxygen atoms in total. The van der Waals surface area contributed by atoms with E-state index in [2.05, 4.69) is 35.2 Å². The van der Waals surface area contributed by atoms with E-state index in [1.807, 2.05) is 42.8 Å². The number of nitrogens with one attached hydrogen (secondary N) is 1. The number of hydrogen-bond acceptors (Lipinski definition) is 8. The molecule has 0 unspecified atom stereocenters. The Bertz CT molecular complexity index is 1130. The van der Waals surface area contributed by atoms with E-state index in [4.69, 9.17) is 4.74 Å². The van der Waals surface area contributed by atoms with Crippen LogP contribution in [-0.4, -0.2) is 70.0 Å². The van der Waals surface area contributed by atoms with E-state index in [0.29, 0.717) is 19.6 Å². The molecular formula is C23H28N8O2. The fourth-order valence-corrected chi connectivity index (χ4v) is 4.19. The lowest BCUT2D eigenvalue weighted by Crippen LogP contribution is -2.54. The van der Waals surface area contributed by atoms with E-state index >= 15 is 0 Å². The van der Waals surface area contributed by atoms with Gasteiger partial charge in [-0.3, -0.25) is 4.79 Å². The van der Waals surface area contributed by atoms with Crippen LogP contribution in [0.3, 0.4) is 0 Å². The Morgan fingerprint density at radius 3 is 2.55 bits per heavy atom. The van der Waals surface area contributed by atoms with Gasteiger partial charge in [-0.05, 0) is 37.6 Å². The molecule has 3 aromatic rings. The van der Waals surface area contributed by atoms with Crippen molar-refractivity contribution < 1.29 is 9.53 Å². The smallest absolute Gasteiger partial charge is 0.226 e. The molecule has 3 aromatic heterocycles. The number of pyridine rings is 1. The predicted octanol–water partition coefficient (Wildman–Crippen LogP) is 1.26. The van der Waals surface area contributed by atoms with Crippen molar-refractivity contribution in [3.63, 3.8) is 0 Å². The van der Waals surface area contributed by atoms with Crippen LogP contribution in [0, 0.1) is 19.8 Å². The van der Waals surface area contributed by atoms with Gasteiger partial charge in [0.05, 0.1) is 24.8 Å². The van der Waals surface area contributed by atoms with Crippen molar-refractivity contribution in [1.82, 2.24) is 30.0 Å². The van der Waals surface area contributed by atoms with Gasteiger partial charge in [0, 0.05) is 50.7 Å². The quantitative estimate of drug-likeness (QED) is 0.602. The first kappa shape index (κ1) is 21.3. The summed E-state index contributed by atoms with van der Waals surface area (Å²) in [4.78, 5) is 30.2. The number of aromatic nitrogens is 5. The molecule has 1 N–H and O–H groups in total. The number of anilines is 2. The SMILES string of the molecule is Cc1cc(C)n(-c2cc(N3CC(C(=O)NCc4ccnc(N5CCOCC5)c4)C3)ncn2)n1. The van der Waals surface area contributed by atoms with Crippen LogP contribution in [0.2, 0.25) is 0 Å². The molecular weight excluding hydrogens is 420 g/mol. The Morgan fingerprint density at radius 1 is 1.03 bits per heavy atom. The van der Waals surface area contributed by atoms with Crippen molar-refractivity contribution in [2.45, 2.75) is 20.4 Å². The van der Waals surface area contributed by atoms with E-state index in [1.54, 1.807) is 12.5 Å². The Labute approximate surface area is 192 Å². The van der Waals surface area contributed by atoms with Crippen molar-refractivity contribution in [2.75, 3.05) is 49.2 Å². The molecule has 5 heterocycles. The minimum Gasteiger partial charge on any atom is -0.378 e. The van der Waals surface area contributed by atoms with Gasteiger partial charge in [0.2, 0.25) is 5.91 Å². The molecule has 172 valence electrons. The minimum absolute atomic E-state index is 0.0577. The first-order chi connectivity index (χ1) is 16.1. The first-order valence-corrected chi connectivity index (χ1v) is 11.2. The minimum atomic E-state index is -0.0577. The molecule has 0 spiro atoms. The van der Waals surface area contributed by atoms with Crippen LogP contribution in [0.15, 0.2) is 36.8 Å². The molecule has 0 aromatic carbocycles. The summed E-state index contributed by atoms with van der Waals surface area (Å²) in [5, 5.41) is 7.55. The highest BCUT2D eigenvalue weighted by atomic mass is 16.5. The van der Waals surface area contributed by atoms with Gasteiger partial charge in [-0.25, -0.2) is 19.6 Å². The van der Waals surface area contributed by atoms with Crippen molar-refractivity contribution >= 4 is 17.5 Å². The maximum absolute atomic E-state index is 12.7. The summed E-state index contributed by atoms with van der Waals surface area (Å²) in [6.07, 6.45) is 3.34. The number of carbonyl (C=O) groups is 1. The second-order valence-electron chi connectivity index (χ2n) is 8.51. The fraction of sp³-hybridized carbons (Fsp3) is 0.435. The number of amides is 1. The van der Waals surface area contributed by atoms with Crippen LogP contribution in [0.4, 0.5) is 11.6 Å². The van der Waals surface area contributed by atoms with Gasteiger partial charge in [-0.1, -0.05) is 0 Å². The van der Waals surface area contributed by atoms with Crippen LogP contribution < -0.4 is 15.1 Å². The maximum atomic E-state index is 12.7. The number of rotatable bonds is 6. The third kappa shape index (κ3) is 4.65. The van der Waals surface area contributed by atoms with Crippen molar-refractivity contribution in [3.05, 3.63) is 53.7 Å². The molecule has 0 aliphatic carbocycles. The second kappa shape index (κ2) is 9.14. The summed E-state index contributed by atoms with van der Waals surface area (Å²) in [5.41, 5.74) is 3.01. The van der Waals surface area contributed by atoms with Crippen LogP contribution in [0.25, 0.3) is 5.82 Å². The molecule has 2 aliphatic rings. The van der Waals surface area contributed by atoms with Gasteiger partial charge in [0.1, 0.15) is 18.0 Å². The van der Waals surface area contributed by atoms with Gasteiger partial charge in [-0.2, -0.15) is 5.10 Å².